The van der Waals surface area contributed by atoms with Crippen molar-refractivity contribution in [1.29, 1.82) is 0 Å². The van der Waals surface area contributed by atoms with Crippen LogP contribution in [0.3, 0.4) is 0 Å². The van der Waals surface area contributed by atoms with Crippen LogP contribution < -0.4 is 5.32 Å². The van der Waals surface area contributed by atoms with E-state index in [4.69, 9.17) is 0 Å². The van der Waals surface area contributed by atoms with Gasteiger partial charge >= 0.3 is 0 Å². The van der Waals surface area contributed by atoms with Gasteiger partial charge in [-0.05, 0) is 30.7 Å². The maximum absolute atomic E-state index is 4.16. The summed E-state index contributed by atoms with van der Waals surface area (Å²) in [7, 11) is 0. The van der Waals surface area contributed by atoms with Crippen LogP contribution in [-0.2, 0) is 6.42 Å². The Morgan fingerprint density at radius 3 is 2.75 bits per heavy atom. The molecule has 2 nitrogen and oxygen atoms in total. The molecule has 3 heteroatoms. The molecule has 1 atom stereocenters. The number of rotatable bonds is 7. The molecular formula is C13H24N2S. The molecule has 0 aromatic carbocycles. The zero-order valence-electron chi connectivity index (χ0n) is 10.9. The van der Waals surface area contributed by atoms with E-state index in [0.29, 0.717) is 11.3 Å². The molecule has 1 rings (SSSR count). The van der Waals surface area contributed by atoms with Gasteiger partial charge in [-0.15, -0.1) is 11.3 Å². The summed E-state index contributed by atoms with van der Waals surface area (Å²) in [5, 5.41) is 3.55. The number of nitrogens with one attached hydrogen (secondary N) is 1. The first-order chi connectivity index (χ1) is 7.58. The summed E-state index contributed by atoms with van der Waals surface area (Å²) in [6, 6.07) is 0. The highest BCUT2D eigenvalue weighted by atomic mass is 32.1. The number of hydrogen-bond donors (Lipinski definition) is 1. The average Bonchev–Trinajstić information content (AvgIpc) is 2.70. The predicted octanol–water partition coefficient (Wildman–Crippen LogP) is 3.35. The largest absolute Gasteiger partial charge is 0.316 e. The van der Waals surface area contributed by atoms with Gasteiger partial charge in [-0.3, -0.25) is 4.98 Å². The molecule has 0 aliphatic heterocycles. The molecular weight excluding hydrogens is 216 g/mol. The Morgan fingerprint density at radius 2 is 2.25 bits per heavy atom. The van der Waals surface area contributed by atoms with Gasteiger partial charge in [0.05, 0.1) is 5.51 Å². The Hall–Kier alpha value is -0.410. The molecule has 1 N–H and O–H groups in total. The van der Waals surface area contributed by atoms with E-state index in [2.05, 4.69) is 38.0 Å². The highest BCUT2D eigenvalue weighted by Crippen LogP contribution is 2.31. The molecule has 0 aliphatic carbocycles. The van der Waals surface area contributed by atoms with Gasteiger partial charge in [0.1, 0.15) is 0 Å². The molecule has 0 spiro atoms. The van der Waals surface area contributed by atoms with Crippen LogP contribution in [0.15, 0.2) is 11.7 Å². The lowest BCUT2D eigenvalue weighted by atomic mass is 9.76. The van der Waals surface area contributed by atoms with Crippen LogP contribution in [0.4, 0.5) is 0 Å². The van der Waals surface area contributed by atoms with Gasteiger partial charge < -0.3 is 5.32 Å². The second-order valence-corrected chi connectivity index (χ2v) is 6.10. The monoisotopic (exact) mass is 240 g/mol. The van der Waals surface area contributed by atoms with E-state index < -0.39 is 0 Å². The second kappa shape index (κ2) is 6.36. The van der Waals surface area contributed by atoms with Gasteiger partial charge in [0.15, 0.2) is 0 Å². The molecule has 0 bridgehead atoms. The molecule has 0 saturated carbocycles. The summed E-state index contributed by atoms with van der Waals surface area (Å²) in [6.45, 7) is 11.4. The third-order valence-corrected chi connectivity index (χ3v) is 4.19. The fraction of sp³-hybridized carbons (Fsp3) is 0.769. The van der Waals surface area contributed by atoms with Crippen LogP contribution in [0.25, 0.3) is 0 Å². The van der Waals surface area contributed by atoms with Gasteiger partial charge in [0.25, 0.3) is 0 Å². The molecule has 92 valence electrons. The third-order valence-electron chi connectivity index (χ3n) is 3.41. The lowest BCUT2D eigenvalue weighted by Crippen LogP contribution is -2.38. The van der Waals surface area contributed by atoms with Crippen molar-refractivity contribution in [2.24, 2.45) is 11.3 Å². The highest BCUT2D eigenvalue weighted by molar-refractivity contribution is 7.09. The number of thiazole rings is 1. The van der Waals surface area contributed by atoms with Crippen molar-refractivity contribution in [3.63, 3.8) is 0 Å². The minimum absolute atomic E-state index is 0.335. The van der Waals surface area contributed by atoms with Crippen molar-refractivity contribution < 1.29 is 0 Å². The van der Waals surface area contributed by atoms with Gasteiger partial charge in [-0.25, -0.2) is 0 Å². The first-order valence-corrected chi connectivity index (χ1v) is 7.04. The molecule has 1 aromatic heterocycles. The standard InChI is InChI=1S/C13H24N2S/c1-5-6-14-9-13(4,11(2)3)7-12-8-15-10-16-12/h8,10-11,14H,5-7,9H2,1-4H3. The van der Waals surface area contributed by atoms with Crippen molar-refractivity contribution in [3.8, 4) is 0 Å². The first-order valence-electron chi connectivity index (χ1n) is 6.16. The van der Waals surface area contributed by atoms with E-state index in [9.17, 15) is 0 Å². The normalized spacial score (nSPS) is 15.3. The second-order valence-electron chi connectivity index (χ2n) is 5.13. The Labute approximate surface area is 103 Å². The third kappa shape index (κ3) is 3.87. The van der Waals surface area contributed by atoms with Crippen LogP contribution in [0.5, 0.6) is 0 Å². The van der Waals surface area contributed by atoms with Crippen LogP contribution in [0, 0.1) is 11.3 Å². The first kappa shape index (κ1) is 13.7. The zero-order chi connectivity index (χ0) is 12.0. The topological polar surface area (TPSA) is 24.9 Å². The summed E-state index contributed by atoms with van der Waals surface area (Å²) in [4.78, 5) is 5.56. The lowest BCUT2D eigenvalue weighted by Gasteiger charge is -2.33. The van der Waals surface area contributed by atoms with Crippen LogP contribution in [-0.4, -0.2) is 18.1 Å². The molecule has 0 aliphatic rings. The van der Waals surface area contributed by atoms with Gasteiger partial charge in [-0.1, -0.05) is 27.7 Å². The van der Waals surface area contributed by atoms with Crippen LogP contribution >= 0.6 is 11.3 Å². The molecule has 0 fully saturated rings. The van der Waals surface area contributed by atoms with Gasteiger partial charge in [-0.2, -0.15) is 0 Å². The maximum atomic E-state index is 4.16. The number of aromatic nitrogens is 1. The molecule has 1 unspecified atom stereocenters. The molecule has 0 saturated heterocycles. The lowest BCUT2D eigenvalue weighted by molar-refractivity contribution is 0.209. The van der Waals surface area contributed by atoms with Gasteiger partial charge in [0.2, 0.25) is 0 Å². The van der Waals surface area contributed by atoms with Crippen molar-refractivity contribution in [3.05, 3.63) is 16.6 Å². The minimum atomic E-state index is 0.335. The summed E-state index contributed by atoms with van der Waals surface area (Å²) >= 11 is 1.77. The number of nitrogens with zero attached hydrogens (tertiary/aromatic N) is 1. The maximum Gasteiger partial charge on any atom is 0.0794 e. The fourth-order valence-electron chi connectivity index (χ4n) is 1.75. The van der Waals surface area contributed by atoms with E-state index >= 15 is 0 Å². The Morgan fingerprint density at radius 1 is 1.50 bits per heavy atom. The molecule has 0 amide bonds. The minimum Gasteiger partial charge on any atom is -0.316 e. The SMILES string of the molecule is CCCNCC(C)(Cc1cncs1)C(C)C. The summed E-state index contributed by atoms with van der Waals surface area (Å²) in [6.07, 6.45) is 4.34. The van der Waals surface area contributed by atoms with Crippen molar-refractivity contribution in [2.45, 2.75) is 40.5 Å². The Balaban J connectivity index is 2.57. The van der Waals surface area contributed by atoms with E-state index in [-0.39, 0.29) is 0 Å². The van der Waals surface area contributed by atoms with E-state index in [1.165, 1.54) is 11.3 Å². The van der Waals surface area contributed by atoms with Crippen LogP contribution in [0.2, 0.25) is 0 Å². The highest BCUT2D eigenvalue weighted by Gasteiger charge is 2.28. The van der Waals surface area contributed by atoms with Gasteiger partial charge in [0, 0.05) is 17.6 Å². The zero-order valence-corrected chi connectivity index (χ0v) is 11.7. The Bertz CT molecular complexity index is 282. The quantitative estimate of drug-likeness (QED) is 0.739. The van der Waals surface area contributed by atoms with Crippen LogP contribution in [0.1, 0.15) is 39.0 Å². The fourth-order valence-corrected chi connectivity index (χ4v) is 2.54. The van der Waals surface area contributed by atoms with E-state index in [0.717, 1.165) is 19.5 Å². The molecule has 0 radical (unpaired) electrons. The summed E-state index contributed by atoms with van der Waals surface area (Å²) < 4.78 is 0. The molecule has 16 heavy (non-hydrogen) atoms. The van der Waals surface area contributed by atoms with Crippen molar-refractivity contribution in [2.75, 3.05) is 13.1 Å². The summed E-state index contributed by atoms with van der Waals surface area (Å²) in [5.41, 5.74) is 2.26. The van der Waals surface area contributed by atoms with E-state index in [1.54, 1.807) is 11.3 Å². The number of hydrogen-bond acceptors (Lipinski definition) is 3. The molecule has 1 aromatic rings. The smallest absolute Gasteiger partial charge is 0.0794 e. The molecule has 1 heterocycles. The van der Waals surface area contributed by atoms with Crippen molar-refractivity contribution >= 4 is 11.3 Å². The van der Waals surface area contributed by atoms with Crippen molar-refractivity contribution in [1.82, 2.24) is 10.3 Å². The van der Waals surface area contributed by atoms with E-state index in [1.807, 2.05) is 11.7 Å². The Kier molecular flexibility index (Phi) is 5.42. The predicted molar refractivity (Wildman–Crippen MR) is 71.9 cm³/mol. The average molecular weight is 240 g/mol. The summed E-state index contributed by atoms with van der Waals surface area (Å²) in [5.74, 6) is 0.680.